The van der Waals surface area contributed by atoms with Gasteiger partial charge < -0.3 is 14.6 Å². The third-order valence-electron chi connectivity index (χ3n) is 5.39. The van der Waals surface area contributed by atoms with Crippen LogP contribution in [0, 0.1) is 5.82 Å². The van der Waals surface area contributed by atoms with E-state index >= 15 is 0 Å². The molecule has 0 radical (unpaired) electrons. The number of aromatic nitrogens is 1. The van der Waals surface area contributed by atoms with E-state index in [0.29, 0.717) is 12.4 Å². The molecule has 3 nitrogen and oxygen atoms in total. The van der Waals surface area contributed by atoms with Gasteiger partial charge in [0.25, 0.3) is 0 Å². The molecule has 0 saturated carbocycles. The maximum atomic E-state index is 14.9. The minimum Gasteiger partial charge on any atom is -0.485 e. The summed E-state index contributed by atoms with van der Waals surface area (Å²) in [6.07, 6.45) is 4.01. The fraction of sp³-hybridized carbons (Fsp3) is 0.280. The van der Waals surface area contributed by atoms with Gasteiger partial charge in [-0.05, 0) is 60.5 Å². The molecule has 4 rings (SSSR count). The van der Waals surface area contributed by atoms with Crippen LogP contribution < -0.4 is 10.1 Å². The Morgan fingerprint density at radius 1 is 1.00 bits per heavy atom. The lowest BCUT2D eigenvalue weighted by atomic mass is 10.1. The molecule has 1 N–H and O–H groups in total. The molecule has 0 bridgehead atoms. The summed E-state index contributed by atoms with van der Waals surface area (Å²) in [4.78, 5) is 0. The molecule has 0 aliphatic rings. The van der Waals surface area contributed by atoms with Gasteiger partial charge in [-0.15, -0.1) is 0 Å². The van der Waals surface area contributed by atoms with Crippen molar-refractivity contribution in [3.05, 3.63) is 77.7 Å². The van der Waals surface area contributed by atoms with Gasteiger partial charge in [0.2, 0.25) is 0 Å². The number of halogens is 1. The van der Waals surface area contributed by atoms with Crippen molar-refractivity contribution in [3.63, 3.8) is 0 Å². The summed E-state index contributed by atoms with van der Waals surface area (Å²) in [5, 5.41) is 6.39. The molecule has 0 atom stereocenters. The minimum absolute atomic E-state index is 0.308. The first-order valence-electron chi connectivity index (χ1n) is 10.3. The van der Waals surface area contributed by atoms with Crippen LogP contribution in [-0.4, -0.2) is 18.2 Å². The van der Waals surface area contributed by atoms with Crippen LogP contribution in [0.1, 0.15) is 24.5 Å². The topological polar surface area (TPSA) is 26.2 Å². The monoisotopic (exact) mass is 390 g/mol. The van der Waals surface area contributed by atoms with Crippen molar-refractivity contribution in [2.24, 2.45) is 0 Å². The molecule has 1 heterocycles. The molecule has 0 aliphatic carbocycles. The fourth-order valence-corrected chi connectivity index (χ4v) is 4.00. The molecule has 3 aromatic carbocycles. The van der Waals surface area contributed by atoms with E-state index in [1.165, 1.54) is 6.07 Å². The van der Waals surface area contributed by atoms with E-state index in [0.717, 1.165) is 58.7 Å². The summed E-state index contributed by atoms with van der Waals surface area (Å²) in [5.41, 5.74) is 3.21. The highest BCUT2D eigenvalue weighted by atomic mass is 19.1. The summed E-state index contributed by atoms with van der Waals surface area (Å²) in [6, 6.07) is 17.8. The van der Waals surface area contributed by atoms with E-state index in [-0.39, 0.29) is 5.82 Å². The van der Waals surface area contributed by atoms with Crippen LogP contribution in [0.15, 0.2) is 60.8 Å². The predicted octanol–water partition coefficient (Wildman–Crippen LogP) is 5.68. The lowest BCUT2D eigenvalue weighted by Gasteiger charge is -2.12. The summed E-state index contributed by atoms with van der Waals surface area (Å²) >= 11 is 0. The van der Waals surface area contributed by atoms with Gasteiger partial charge in [-0.3, -0.25) is 0 Å². The summed E-state index contributed by atoms with van der Waals surface area (Å²) in [6.45, 7) is 4.23. The zero-order valence-electron chi connectivity index (χ0n) is 17.0. The molecule has 0 aliphatic heterocycles. The number of likely N-dealkylation sites (N-methyl/N-ethyl adjacent to an activating group) is 1. The number of benzene rings is 3. The van der Waals surface area contributed by atoms with Crippen LogP contribution in [0.3, 0.4) is 0 Å². The van der Waals surface area contributed by atoms with Crippen LogP contribution in [-0.2, 0) is 19.6 Å². The number of rotatable bonds is 8. The highest BCUT2D eigenvalue weighted by molar-refractivity contribution is 5.90. The molecule has 0 amide bonds. The van der Waals surface area contributed by atoms with Crippen molar-refractivity contribution < 1.29 is 9.13 Å². The van der Waals surface area contributed by atoms with E-state index in [1.54, 1.807) is 0 Å². The zero-order valence-corrected chi connectivity index (χ0v) is 17.0. The van der Waals surface area contributed by atoms with Crippen LogP contribution in [0.2, 0.25) is 0 Å². The van der Waals surface area contributed by atoms with Gasteiger partial charge in [0.15, 0.2) is 11.6 Å². The van der Waals surface area contributed by atoms with Gasteiger partial charge in [-0.25, -0.2) is 4.39 Å². The normalized spacial score (nSPS) is 11.4. The Kier molecular flexibility index (Phi) is 5.81. The predicted molar refractivity (Wildman–Crippen MR) is 118 cm³/mol. The van der Waals surface area contributed by atoms with Crippen molar-refractivity contribution in [1.82, 2.24) is 9.88 Å². The molecule has 1 aromatic heterocycles. The maximum absolute atomic E-state index is 14.9. The third kappa shape index (κ3) is 3.85. The summed E-state index contributed by atoms with van der Waals surface area (Å²) in [7, 11) is 1.93. The van der Waals surface area contributed by atoms with Crippen molar-refractivity contribution in [2.45, 2.75) is 32.9 Å². The van der Waals surface area contributed by atoms with Crippen LogP contribution >= 0.6 is 0 Å². The van der Waals surface area contributed by atoms with Crippen molar-refractivity contribution in [3.8, 4) is 5.75 Å². The number of ether oxygens (including phenoxy) is 1. The lowest BCUT2D eigenvalue weighted by molar-refractivity contribution is 0.295. The first-order chi connectivity index (χ1) is 14.2. The Bertz CT molecular complexity index is 1130. The Balaban J connectivity index is 1.75. The molecule has 0 spiro atoms. The molecule has 0 unspecified atom stereocenters. The van der Waals surface area contributed by atoms with E-state index in [9.17, 15) is 4.39 Å². The van der Waals surface area contributed by atoms with Gasteiger partial charge in [0.1, 0.15) is 6.61 Å². The Morgan fingerprint density at radius 3 is 2.66 bits per heavy atom. The quantitative estimate of drug-likeness (QED) is 0.419. The average Bonchev–Trinajstić information content (AvgIpc) is 3.09. The molecular formula is C25H27FN2O. The van der Waals surface area contributed by atoms with Gasteiger partial charge in [0.05, 0.1) is 5.52 Å². The highest BCUT2D eigenvalue weighted by Crippen LogP contribution is 2.35. The van der Waals surface area contributed by atoms with Gasteiger partial charge >= 0.3 is 0 Å². The lowest BCUT2D eigenvalue weighted by Crippen LogP contribution is -2.10. The summed E-state index contributed by atoms with van der Waals surface area (Å²) in [5.74, 6) is 0.0501. The number of nitrogens with zero attached hydrogens (tertiary/aromatic N) is 1. The fourth-order valence-electron chi connectivity index (χ4n) is 4.00. The van der Waals surface area contributed by atoms with Crippen LogP contribution in [0.4, 0.5) is 4.39 Å². The van der Waals surface area contributed by atoms with Gasteiger partial charge in [-0.2, -0.15) is 0 Å². The number of hydrogen-bond donors (Lipinski definition) is 1. The van der Waals surface area contributed by atoms with Crippen LogP contribution in [0.5, 0.6) is 5.75 Å². The molecule has 150 valence electrons. The van der Waals surface area contributed by atoms with Crippen molar-refractivity contribution in [1.29, 1.82) is 0 Å². The Hall–Kier alpha value is -2.85. The van der Waals surface area contributed by atoms with Gasteiger partial charge in [-0.1, -0.05) is 49.4 Å². The van der Waals surface area contributed by atoms with Gasteiger partial charge in [0, 0.05) is 18.1 Å². The second-order valence-corrected chi connectivity index (χ2v) is 7.40. The number of hydrogen-bond acceptors (Lipinski definition) is 2. The van der Waals surface area contributed by atoms with E-state index < -0.39 is 0 Å². The minimum atomic E-state index is -0.308. The molecule has 4 aromatic rings. The van der Waals surface area contributed by atoms with Crippen LogP contribution in [0.25, 0.3) is 21.7 Å². The zero-order chi connectivity index (χ0) is 20.2. The molecule has 4 heteroatoms. The molecule has 0 fully saturated rings. The molecular weight excluding hydrogens is 363 g/mol. The third-order valence-corrected chi connectivity index (χ3v) is 5.39. The smallest absolute Gasteiger partial charge is 0.165 e. The highest BCUT2D eigenvalue weighted by Gasteiger charge is 2.17. The molecule has 0 saturated heterocycles. The summed E-state index contributed by atoms with van der Waals surface area (Å²) < 4.78 is 23.2. The standard InChI is InChI=1S/C25H27FN2O/c1-3-15-28-16-19(13-14-27-2)24-23(28)12-11-22(26)25(24)29-17-20-9-6-8-18-7-4-5-10-21(18)20/h4-12,16,27H,3,13-15,17H2,1-2H3. The van der Waals surface area contributed by atoms with E-state index in [4.69, 9.17) is 4.74 Å². The Labute approximate surface area is 171 Å². The number of aryl methyl sites for hydroxylation is 1. The first-order valence-corrected chi connectivity index (χ1v) is 10.3. The number of nitrogens with one attached hydrogen (secondary N) is 1. The van der Waals surface area contributed by atoms with E-state index in [2.05, 4.69) is 41.2 Å². The molecule has 29 heavy (non-hydrogen) atoms. The van der Waals surface area contributed by atoms with Crippen molar-refractivity contribution >= 4 is 21.7 Å². The Morgan fingerprint density at radius 2 is 1.83 bits per heavy atom. The SMILES string of the molecule is CCCn1cc(CCNC)c2c(OCc3cccc4ccccc34)c(F)ccc21. The average molecular weight is 391 g/mol. The first kappa shape index (κ1) is 19.5. The maximum Gasteiger partial charge on any atom is 0.165 e. The number of fused-ring (bicyclic) bond motifs is 2. The largest absolute Gasteiger partial charge is 0.485 e. The van der Waals surface area contributed by atoms with Crippen molar-refractivity contribution in [2.75, 3.05) is 13.6 Å². The second-order valence-electron chi connectivity index (χ2n) is 7.40. The van der Waals surface area contributed by atoms with E-state index in [1.807, 2.05) is 37.4 Å². The second kappa shape index (κ2) is 8.66.